The first-order valence-electron chi connectivity index (χ1n) is 8.25. The van der Waals surface area contributed by atoms with Gasteiger partial charge < -0.3 is 10.1 Å². The van der Waals surface area contributed by atoms with Crippen LogP contribution in [0.15, 0.2) is 46.2 Å². The predicted octanol–water partition coefficient (Wildman–Crippen LogP) is 3.29. The lowest BCUT2D eigenvalue weighted by atomic mass is 10.1. The van der Waals surface area contributed by atoms with Gasteiger partial charge >= 0.3 is 0 Å². The lowest BCUT2D eigenvalue weighted by Crippen LogP contribution is -2.23. The second-order valence-electron chi connectivity index (χ2n) is 6.21. The fourth-order valence-electron chi connectivity index (χ4n) is 2.32. The average molecular weight is 409 g/mol. The van der Waals surface area contributed by atoms with E-state index in [-0.39, 0.29) is 16.6 Å². The van der Waals surface area contributed by atoms with Gasteiger partial charge in [0.1, 0.15) is 5.75 Å². The summed E-state index contributed by atoms with van der Waals surface area (Å²) in [7, 11) is 0.991. The van der Waals surface area contributed by atoms with Gasteiger partial charge in [-0.05, 0) is 61.4 Å². The number of aryl methyl sites for hydroxylation is 1. The van der Waals surface area contributed by atoms with Crippen molar-refractivity contribution in [1.82, 2.24) is 4.31 Å². The summed E-state index contributed by atoms with van der Waals surface area (Å²) in [5.41, 5.74) is 2.15. The van der Waals surface area contributed by atoms with Crippen LogP contribution in [0.3, 0.4) is 0 Å². The van der Waals surface area contributed by atoms with Gasteiger partial charge in [0, 0.05) is 24.7 Å². The number of amides is 1. The third-order valence-corrected chi connectivity index (χ3v) is 6.93. The molecule has 0 saturated heterocycles. The first-order valence-corrected chi connectivity index (χ1v) is 10.7. The molecule has 0 radical (unpaired) electrons. The van der Waals surface area contributed by atoms with Gasteiger partial charge in [0.25, 0.3) is 0 Å². The first kappa shape index (κ1) is 21.3. The number of ether oxygens (including phenoxy) is 1. The highest BCUT2D eigenvalue weighted by molar-refractivity contribution is 8.00. The highest BCUT2D eigenvalue weighted by Gasteiger charge is 2.20. The van der Waals surface area contributed by atoms with Crippen molar-refractivity contribution in [3.63, 3.8) is 0 Å². The van der Waals surface area contributed by atoms with Crippen molar-refractivity contribution in [2.75, 3.05) is 32.3 Å². The zero-order chi connectivity index (χ0) is 20.2. The number of nitrogens with zero attached hydrogens (tertiary/aromatic N) is 1. The number of hydrogen-bond acceptors (Lipinski definition) is 5. The molecule has 0 atom stereocenters. The Hall–Kier alpha value is -2.03. The zero-order valence-corrected chi connectivity index (χ0v) is 17.7. The molecule has 8 heteroatoms. The largest absolute Gasteiger partial charge is 0.497 e. The summed E-state index contributed by atoms with van der Waals surface area (Å²) in [5, 5.41) is 2.83. The van der Waals surface area contributed by atoms with Gasteiger partial charge in [0.15, 0.2) is 0 Å². The first-order chi connectivity index (χ1) is 12.6. The Morgan fingerprint density at radius 1 is 1.15 bits per heavy atom. The number of thioether (sulfide) groups is 1. The average Bonchev–Trinajstić information content (AvgIpc) is 2.63. The molecule has 1 amide bonds. The smallest absolute Gasteiger partial charge is 0.242 e. The summed E-state index contributed by atoms with van der Waals surface area (Å²) >= 11 is 1.40. The summed E-state index contributed by atoms with van der Waals surface area (Å²) in [6.07, 6.45) is 0. The van der Waals surface area contributed by atoms with E-state index in [1.165, 1.54) is 31.9 Å². The topological polar surface area (TPSA) is 75.7 Å². The molecule has 1 N–H and O–H groups in total. The number of rotatable bonds is 7. The van der Waals surface area contributed by atoms with Crippen LogP contribution in [0.25, 0.3) is 0 Å². The maximum Gasteiger partial charge on any atom is 0.242 e. The number of carbonyl (C=O) groups excluding carboxylic acids is 1. The van der Waals surface area contributed by atoms with Crippen LogP contribution < -0.4 is 10.1 Å². The van der Waals surface area contributed by atoms with Crippen molar-refractivity contribution in [3.05, 3.63) is 47.5 Å². The number of hydrogen-bond donors (Lipinski definition) is 1. The monoisotopic (exact) mass is 408 g/mol. The maximum absolute atomic E-state index is 12.4. The molecule has 0 aliphatic rings. The van der Waals surface area contributed by atoms with Crippen LogP contribution in [-0.2, 0) is 14.8 Å². The van der Waals surface area contributed by atoms with Gasteiger partial charge in [0.2, 0.25) is 15.9 Å². The summed E-state index contributed by atoms with van der Waals surface area (Å²) in [5.74, 6) is 0.779. The highest BCUT2D eigenvalue weighted by Crippen LogP contribution is 2.26. The minimum absolute atomic E-state index is 0.161. The minimum atomic E-state index is -3.57. The van der Waals surface area contributed by atoms with Crippen LogP contribution >= 0.6 is 11.8 Å². The summed E-state index contributed by atoms with van der Waals surface area (Å²) < 4.78 is 31.1. The van der Waals surface area contributed by atoms with Crippen molar-refractivity contribution < 1.29 is 17.9 Å². The van der Waals surface area contributed by atoms with Gasteiger partial charge in [0.05, 0.1) is 17.8 Å². The van der Waals surface area contributed by atoms with Gasteiger partial charge in [-0.2, -0.15) is 0 Å². The molecule has 0 spiro atoms. The van der Waals surface area contributed by atoms with Crippen LogP contribution in [0, 0.1) is 13.8 Å². The Bertz CT molecular complexity index is 923. The number of sulfonamides is 1. The van der Waals surface area contributed by atoms with Crippen molar-refractivity contribution in [1.29, 1.82) is 0 Å². The highest BCUT2D eigenvalue weighted by atomic mass is 32.2. The molecular formula is C19H24N2O4S2. The van der Waals surface area contributed by atoms with Crippen LogP contribution in [0.1, 0.15) is 11.1 Å². The van der Waals surface area contributed by atoms with E-state index >= 15 is 0 Å². The third-order valence-electron chi connectivity index (χ3n) is 4.12. The van der Waals surface area contributed by atoms with Gasteiger partial charge in [-0.1, -0.05) is 0 Å². The van der Waals surface area contributed by atoms with E-state index in [2.05, 4.69) is 5.32 Å². The number of anilines is 1. The lowest BCUT2D eigenvalue weighted by molar-refractivity contribution is -0.113. The molecular weight excluding hydrogens is 384 g/mol. The predicted molar refractivity (Wildman–Crippen MR) is 109 cm³/mol. The van der Waals surface area contributed by atoms with E-state index in [1.54, 1.807) is 13.2 Å². The second kappa shape index (κ2) is 8.77. The van der Waals surface area contributed by atoms with Crippen molar-refractivity contribution in [2.45, 2.75) is 23.6 Å². The molecule has 0 saturated carbocycles. The van der Waals surface area contributed by atoms with Crippen LogP contribution in [0.2, 0.25) is 0 Å². The lowest BCUT2D eigenvalue weighted by Gasteiger charge is -2.16. The SMILES string of the molecule is COc1ccc(SCC(=O)Nc2cc(S(=O)(=O)N(C)C)cc(C)c2C)cc1. The number of carbonyl (C=O) groups is 1. The Morgan fingerprint density at radius 2 is 1.78 bits per heavy atom. The van der Waals surface area contributed by atoms with E-state index in [9.17, 15) is 13.2 Å². The molecule has 0 unspecified atom stereocenters. The zero-order valence-electron chi connectivity index (χ0n) is 16.1. The molecule has 0 bridgehead atoms. The van der Waals surface area contributed by atoms with Crippen LogP contribution in [0.5, 0.6) is 5.75 Å². The van der Waals surface area contributed by atoms with E-state index in [0.717, 1.165) is 26.1 Å². The standard InChI is InChI=1S/C19H24N2O4S2/c1-13-10-17(27(23,24)21(3)4)11-18(14(13)2)20-19(22)12-26-16-8-6-15(25-5)7-9-16/h6-11H,12H2,1-5H3,(H,20,22). The fraction of sp³-hybridized carbons (Fsp3) is 0.316. The normalized spacial score (nSPS) is 11.5. The third kappa shape index (κ3) is 5.24. The van der Waals surface area contributed by atoms with Crippen LogP contribution in [0.4, 0.5) is 5.69 Å². The van der Waals surface area contributed by atoms with E-state index < -0.39 is 10.0 Å². The Kier molecular flexibility index (Phi) is 6.91. The Morgan fingerprint density at radius 3 is 2.33 bits per heavy atom. The summed E-state index contributed by atoms with van der Waals surface area (Å²) in [4.78, 5) is 13.5. The molecule has 0 heterocycles. The molecule has 2 aromatic carbocycles. The van der Waals surface area contributed by atoms with Crippen LogP contribution in [-0.4, -0.2) is 45.6 Å². The molecule has 2 aromatic rings. The minimum Gasteiger partial charge on any atom is -0.497 e. The fourth-order valence-corrected chi connectivity index (χ4v) is 4.04. The van der Waals surface area contributed by atoms with Crippen molar-refractivity contribution >= 4 is 33.4 Å². The maximum atomic E-state index is 12.4. The molecule has 146 valence electrons. The van der Waals surface area contributed by atoms with E-state index in [1.807, 2.05) is 38.1 Å². The summed E-state index contributed by atoms with van der Waals surface area (Å²) in [6, 6.07) is 10.6. The summed E-state index contributed by atoms with van der Waals surface area (Å²) in [6.45, 7) is 3.68. The molecule has 0 aromatic heterocycles. The van der Waals surface area contributed by atoms with Crippen molar-refractivity contribution in [3.8, 4) is 5.75 Å². The molecule has 27 heavy (non-hydrogen) atoms. The Labute approximate surface area is 165 Å². The molecule has 0 aliphatic carbocycles. The van der Waals surface area contributed by atoms with Gasteiger partial charge in [-0.25, -0.2) is 12.7 Å². The second-order valence-corrected chi connectivity index (χ2v) is 9.41. The molecule has 6 nitrogen and oxygen atoms in total. The number of methoxy groups -OCH3 is 1. The van der Waals surface area contributed by atoms with Gasteiger partial charge in [-0.3, -0.25) is 4.79 Å². The van der Waals surface area contributed by atoms with Crippen molar-refractivity contribution in [2.24, 2.45) is 0 Å². The Balaban J connectivity index is 2.13. The molecule has 0 fully saturated rings. The van der Waals surface area contributed by atoms with E-state index in [0.29, 0.717) is 5.69 Å². The molecule has 0 aliphatic heterocycles. The number of nitrogens with one attached hydrogen (secondary N) is 1. The molecule has 2 rings (SSSR count). The quantitative estimate of drug-likeness (QED) is 0.712. The number of benzene rings is 2. The van der Waals surface area contributed by atoms with Gasteiger partial charge in [-0.15, -0.1) is 11.8 Å². The van der Waals surface area contributed by atoms with E-state index in [4.69, 9.17) is 4.74 Å².